The number of carbonyl (C=O) groups excluding carboxylic acids is 2. The standard InChI is InChI=1S/C13H15BrN2O5/c14-9-3-1-8(2-4-9)12(19)15-7-11(18)16-10(5-6-17)13(20)21/h1-4,10,17H,5-7H2,(H,15,19)(H,16,18)(H,20,21). The summed E-state index contributed by atoms with van der Waals surface area (Å²) in [5, 5.41) is 22.1. The van der Waals surface area contributed by atoms with E-state index in [1.54, 1.807) is 24.3 Å². The molecule has 1 rings (SSSR count). The van der Waals surface area contributed by atoms with E-state index in [2.05, 4.69) is 26.6 Å². The van der Waals surface area contributed by atoms with Crippen LogP contribution in [0, 0.1) is 0 Å². The van der Waals surface area contributed by atoms with Gasteiger partial charge in [0.2, 0.25) is 5.91 Å². The topological polar surface area (TPSA) is 116 Å². The molecule has 1 aromatic rings. The van der Waals surface area contributed by atoms with Crippen LogP contribution >= 0.6 is 15.9 Å². The Morgan fingerprint density at radius 2 is 1.81 bits per heavy atom. The molecule has 1 atom stereocenters. The highest BCUT2D eigenvalue weighted by Crippen LogP contribution is 2.10. The molecule has 0 aliphatic carbocycles. The van der Waals surface area contributed by atoms with Gasteiger partial charge in [-0.05, 0) is 24.3 Å². The van der Waals surface area contributed by atoms with Crippen LogP contribution in [0.4, 0.5) is 0 Å². The highest BCUT2D eigenvalue weighted by molar-refractivity contribution is 9.10. The summed E-state index contributed by atoms with van der Waals surface area (Å²) >= 11 is 3.24. The number of carboxylic acid groups (broad SMARTS) is 1. The first-order valence-electron chi connectivity index (χ1n) is 6.11. The molecular weight excluding hydrogens is 344 g/mol. The van der Waals surface area contributed by atoms with E-state index in [4.69, 9.17) is 10.2 Å². The van der Waals surface area contributed by atoms with Crippen molar-refractivity contribution in [2.45, 2.75) is 12.5 Å². The van der Waals surface area contributed by atoms with E-state index < -0.39 is 23.8 Å². The Kier molecular flexibility index (Phi) is 6.83. The van der Waals surface area contributed by atoms with Crippen molar-refractivity contribution in [1.29, 1.82) is 0 Å². The molecule has 2 amide bonds. The molecule has 0 aliphatic heterocycles. The van der Waals surface area contributed by atoms with Crippen molar-refractivity contribution >= 4 is 33.7 Å². The monoisotopic (exact) mass is 358 g/mol. The molecule has 0 fully saturated rings. The molecular formula is C13H15BrN2O5. The zero-order valence-electron chi connectivity index (χ0n) is 11.0. The maximum Gasteiger partial charge on any atom is 0.326 e. The van der Waals surface area contributed by atoms with Crippen LogP contribution in [-0.2, 0) is 9.59 Å². The number of aliphatic hydroxyl groups excluding tert-OH is 1. The lowest BCUT2D eigenvalue weighted by Gasteiger charge is -2.13. The number of carboxylic acids is 1. The van der Waals surface area contributed by atoms with Crippen molar-refractivity contribution in [3.05, 3.63) is 34.3 Å². The van der Waals surface area contributed by atoms with Crippen molar-refractivity contribution in [1.82, 2.24) is 10.6 Å². The number of rotatable bonds is 7. The maximum atomic E-state index is 11.7. The quantitative estimate of drug-likeness (QED) is 0.552. The second-order valence-electron chi connectivity index (χ2n) is 4.16. The van der Waals surface area contributed by atoms with Gasteiger partial charge in [0.15, 0.2) is 0 Å². The minimum atomic E-state index is -1.24. The van der Waals surface area contributed by atoms with Crippen molar-refractivity contribution in [2.75, 3.05) is 13.2 Å². The van der Waals surface area contributed by atoms with Crippen molar-refractivity contribution in [2.24, 2.45) is 0 Å². The SMILES string of the molecule is O=C(CNC(=O)c1ccc(Br)cc1)NC(CCO)C(=O)O. The molecule has 4 N–H and O–H groups in total. The second kappa shape index (κ2) is 8.38. The van der Waals surface area contributed by atoms with Crippen LogP contribution < -0.4 is 10.6 Å². The molecule has 114 valence electrons. The molecule has 21 heavy (non-hydrogen) atoms. The lowest BCUT2D eigenvalue weighted by molar-refractivity contribution is -0.142. The van der Waals surface area contributed by atoms with Crippen LogP contribution in [0.1, 0.15) is 16.8 Å². The van der Waals surface area contributed by atoms with Crippen LogP contribution in [0.2, 0.25) is 0 Å². The summed E-state index contributed by atoms with van der Waals surface area (Å²) in [5.41, 5.74) is 0.385. The van der Waals surface area contributed by atoms with Gasteiger partial charge in [-0.25, -0.2) is 4.79 Å². The van der Waals surface area contributed by atoms with E-state index in [0.29, 0.717) is 5.56 Å². The van der Waals surface area contributed by atoms with Gasteiger partial charge in [0.25, 0.3) is 5.91 Å². The fourth-order valence-electron chi connectivity index (χ4n) is 1.50. The molecule has 0 aliphatic rings. The molecule has 0 saturated carbocycles. The fraction of sp³-hybridized carbons (Fsp3) is 0.308. The van der Waals surface area contributed by atoms with Crippen molar-refractivity contribution in [3.63, 3.8) is 0 Å². The summed E-state index contributed by atoms with van der Waals surface area (Å²) in [6.07, 6.45) is -0.0955. The Hall–Kier alpha value is -1.93. The fourth-order valence-corrected chi connectivity index (χ4v) is 1.76. The Morgan fingerprint density at radius 1 is 1.19 bits per heavy atom. The van der Waals surface area contributed by atoms with Crippen LogP contribution in [0.25, 0.3) is 0 Å². The zero-order chi connectivity index (χ0) is 15.8. The molecule has 0 heterocycles. The third-order valence-electron chi connectivity index (χ3n) is 2.57. The van der Waals surface area contributed by atoms with E-state index in [1.807, 2.05) is 0 Å². The molecule has 8 heteroatoms. The van der Waals surface area contributed by atoms with Gasteiger partial charge in [-0.15, -0.1) is 0 Å². The van der Waals surface area contributed by atoms with Crippen molar-refractivity contribution < 1.29 is 24.6 Å². The molecule has 0 spiro atoms. The molecule has 1 aromatic carbocycles. The molecule has 0 saturated heterocycles. The molecule has 1 unspecified atom stereocenters. The molecule has 7 nitrogen and oxygen atoms in total. The minimum absolute atomic E-state index is 0.0955. The van der Waals surface area contributed by atoms with Gasteiger partial charge >= 0.3 is 5.97 Å². The number of hydrogen-bond donors (Lipinski definition) is 4. The Labute approximate surface area is 129 Å². The van der Waals surface area contributed by atoms with E-state index in [1.165, 1.54) is 0 Å². The Bertz CT molecular complexity index is 518. The predicted molar refractivity (Wildman–Crippen MR) is 77.7 cm³/mol. The number of benzene rings is 1. The summed E-state index contributed by atoms with van der Waals surface area (Å²) < 4.78 is 0.824. The Morgan fingerprint density at radius 3 is 2.33 bits per heavy atom. The largest absolute Gasteiger partial charge is 0.480 e. The number of aliphatic carboxylic acids is 1. The molecule has 0 bridgehead atoms. The van der Waals surface area contributed by atoms with Crippen LogP contribution in [0.3, 0.4) is 0 Å². The third kappa shape index (κ3) is 5.92. The number of carbonyl (C=O) groups is 3. The van der Waals surface area contributed by atoms with Gasteiger partial charge in [0, 0.05) is 23.1 Å². The van der Waals surface area contributed by atoms with E-state index in [0.717, 1.165) is 4.47 Å². The van der Waals surface area contributed by atoms with Gasteiger partial charge in [0.1, 0.15) is 6.04 Å². The first kappa shape index (κ1) is 17.1. The summed E-state index contributed by atoms with van der Waals surface area (Å²) in [6, 6.07) is 5.38. The van der Waals surface area contributed by atoms with Gasteiger partial charge in [-0.2, -0.15) is 0 Å². The van der Waals surface area contributed by atoms with E-state index >= 15 is 0 Å². The van der Waals surface area contributed by atoms with Gasteiger partial charge in [0.05, 0.1) is 6.54 Å². The summed E-state index contributed by atoms with van der Waals surface area (Å²) in [5.74, 6) is -2.32. The first-order chi connectivity index (χ1) is 9.93. The number of aliphatic hydroxyl groups is 1. The zero-order valence-corrected chi connectivity index (χ0v) is 12.6. The third-order valence-corrected chi connectivity index (χ3v) is 3.10. The summed E-state index contributed by atoms with van der Waals surface area (Å²) in [7, 11) is 0. The van der Waals surface area contributed by atoms with Crippen LogP contribution in [0.5, 0.6) is 0 Å². The number of halogens is 1. The number of amides is 2. The molecule has 0 radical (unpaired) electrons. The first-order valence-corrected chi connectivity index (χ1v) is 6.90. The normalized spacial score (nSPS) is 11.5. The average molecular weight is 359 g/mol. The maximum absolute atomic E-state index is 11.7. The highest BCUT2D eigenvalue weighted by atomic mass is 79.9. The number of nitrogens with one attached hydrogen (secondary N) is 2. The molecule has 0 aromatic heterocycles. The predicted octanol–water partition coefficient (Wildman–Crippen LogP) is 0.131. The van der Waals surface area contributed by atoms with Gasteiger partial charge in [-0.3, -0.25) is 9.59 Å². The second-order valence-corrected chi connectivity index (χ2v) is 5.08. The average Bonchev–Trinajstić information content (AvgIpc) is 2.45. The van der Waals surface area contributed by atoms with E-state index in [-0.39, 0.29) is 19.6 Å². The van der Waals surface area contributed by atoms with Crippen molar-refractivity contribution in [3.8, 4) is 0 Å². The van der Waals surface area contributed by atoms with Gasteiger partial charge in [-0.1, -0.05) is 15.9 Å². The lowest BCUT2D eigenvalue weighted by atomic mass is 10.2. The Balaban J connectivity index is 2.46. The number of hydrogen-bond acceptors (Lipinski definition) is 4. The minimum Gasteiger partial charge on any atom is -0.480 e. The highest BCUT2D eigenvalue weighted by Gasteiger charge is 2.19. The summed E-state index contributed by atoms with van der Waals surface area (Å²) in [4.78, 5) is 34.1. The van der Waals surface area contributed by atoms with Gasteiger partial charge < -0.3 is 20.8 Å². The summed E-state index contributed by atoms with van der Waals surface area (Å²) in [6.45, 7) is -0.702. The lowest BCUT2D eigenvalue weighted by Crippen LogP contribution is -2.45. The van der Waals surface area contributed by atoms with E-state index in [9.17, 15) is 14.4 Å². The smallest absolute Gasteiger partial charge is 0.326 e. The van der Waals surface area contributed by atoms with Crippen LogP contribution in [0.15, 0.2) is 28.7 Å². The van der Waals surface area contributed by atoms with Crippen LogP contribution in [-0.4, -0.2) is 47.2 Å².